The summed E-state index contributed by atoms with van der Waals surface area (Å²) in [4.78, 5) is 19.0. The third-order valence-electron chi connectivity index (χ3n) is 4.26. The van der Waals surface area contributed by atoms with E-state index in [1.54, 1.807) is 18.0 Å². The average molecular weight is 376 g/mol. The van der Waals surface area contributed by atoms with Gasteiger partial charge in [-0.1, -0.05) is 35.9 Å². The average Bonchev–Trinajstić information content (AvgIpc) is 2.66. The van der Waals surface area contributed by atoms with Gasteiger partial charge in [0.05, 0.1) is 11.7 Å². The first-order valence-electron chi connectivity index (χ1n) is 8.48. The summed E-state index contributed by atoms with van der Waals surface area (Å²) in [5.41, 5.74) is 2.07. The first-order valence-corrected chi connectivity index (χ1v) is 10.0. The van der Waals surface area contributed by atoms with Crippen LogP contribution < -0.4 is 5.32 Å². The number of halogens is 1. The Morgan fingerprint density at radius 2 is 2.12 bits per heavy atom. The summed E-state index contributed by atoms with van der Waals surface area (Å²) < 4.78 is 0. The van der Waals surface area contributed by atoms with Crippen LogP contribution in [0.15, 0.2) is 48.7 Å². The first kappa shape index (κ1) is 18.2. The molecule has 1 atom stereocenters. The van der Waals surface area contributed by atoms with Crippen molar-refractivity contribution in [2.45, 2.75) is 18.2 Å². The summed E-state index contributed by atoms with van der Waals surface area (Å²) >= 11 is 8.09. The summed E-state index contributed by atoms with van der Waals surface area (Å²) in [5, 5.41) is 4.09. The van der Waals surface area contributed by atoms with Crippen LogP contribution in [0.5, 0.6) is 0 Å². The molecule has 1 amide bonds. The Morgan fingerprint density at radius 1 is 1.28 bits per heavy atom. The number of thioether (sulfide) groups is 1. The fourth-order valence-corrected chi connectivity index (χ4v) is 4.09. The predicted octanol–water partition coefficient (Wildman–Crippen LogP) is 3.53. The van der Waals surface area contributed by atoms with Gasteiger partial charge in [0.2, 0.25) is 5.91 Å². The minimum atomic E-state index is 0.00994. The van der Waals surface area contributed by atoms with Crippen LogP contribution in [0.4, 0.5) is 0 Å². The number of hydrogen-bond acceptors (Lipinski definition) is 4. The van der Waals surface area contributed by atoms with E-state index < -0.39 is 0 Å². The van der Waals surface area contributed by atoms with Crippen LogP contribution in [-0.4, -0.2) is 41.2 Å². The van der Waals surface area contributed by atoms with Crippen LogP contribution in [-0.2, 0) is 10.5 Å². The lowest BCUT2D eigenvalue weighted by atomic mass is 10.0. The van der Waals surface area contributed by atoms with Crippen molar-refractivity contribution in [1.29, 1.82) is 0 Å². The molecule has 2 heterocycles. The number of hydrogen-bond donors (Lipinski definition) is 1. The molecule has 0 aliphatic carbocycles. The van der Waals surface area contributed by atoms with E-state index in [1.165, 1.54) is 0 Å². The maximum atomic E-state index is 12.7. The van der Waals surface area contributed by atoms with Gasteiger partial charge in [0.25, 0.3) is 0 Å². The third-order valence-corrected chi connectivity index (χ3v) is 5.60. The molecule has 4 nitrogen and oxygen atoms in total. The molecule has 1 aliphatic heterocycles. The molecule has 0 saturated carbocycles. The number of amides is 1. The molecular weight excluding hydrogens is 354 g/mol. The van der Waals surface area contributed by atoms with Crippen molar-refractivity contribution in [3.8, 4) is 0 Å². The van der Waals surface area contributed by atoms with Gasteiger partial charge in [-0.2, -0.15) is 11.8 Å². The van der Waals surface area contributed by atoms with Gasteiger partial charge in [-0.25, -0.2) is 0 Å². The summed E-state index contributed by atoms with van der Waals surface area (Å²) in [6.45, 7) is 2.30. The molecule has 1 aromatic carbocycles. The molecule has 1 unspecified atom stereocenters. The molecule has 0 radical (unpaired) electrons. The SMILES string of the molecule is O=C(CCSCc1ccccn1)N1CCNCC1c1ccccc1Cl. The number of carbonyl (C=O) groups is 1. The number of carbonyl (C=O) groups excluding carboxylic acids is 1. The number of aromatic nitrogens is 1. The molecule has 1 N–H and O–H groups in total. The van der Waals surface area contributed by atoms with Crippen molar-refractivity contribution in [3.63, 3.8) is 0 Å². The summed E-state index contributed by atoms with van der Waals surface area (Å²) in [6.07, 6.45) is 2.34. The van der Waals surface area contributed by atoms with Crippen molar-refractivity contribution >= 4 is 29.3 Å². The summed E-state index contributed by atoms with van der Waals surface area (Å²) in [6, 6.07) is 13.7. The summed E-state index contributed by atoms with van der Waals surface area (Å²) in [7, 11) is 0. The maximum absolute atomic E-state index is 12.7. The third kappa shape index (κ3) is 4.97. The van der Waals surface area contributed by atoms with E-state index >= 15 is 0 Å². The lowest BCUT2D eigenvalue weighted by molar-refractivity contribution is -0.134. The number of rotatable bonds is 6. The van der Waals surface area contributed by atoms with Crippen LogP contribution >= 0.6 is 23.4 Å². The topological polar surface area (TPSA) is 45.2 Å². The first-order chi connectivity index (χ1) is 12.3. The molecule has 132 valence electrons. The van der Waals surface area contributed by atoms with E-state index in [4.69, 9.17) is 11.6 Å². The molecule has 25 heavy (non-hydrogen) atoms. The highest BCUT2D eigenvalue weighted by molar-refractivity contribution is 7.98. The standard InChI is InChI=1S/C19H22ClN3OS/c20-17-7-2-1-6-16(17)18-13-21-10-11-23(18)19(24)8-12-25-14-15-5-3-4-9-22-15/h1-7,9,18,21H,8,10-14H2. The van der Waals surface area contributed by atoms with Crippen LogP contribution in [0.25, 0.3) is 0 Å². The monoisotopic (exact) mass is 375 g/mol. The number of nitrogens with one attached hydrogen (secondary N) is 1. The highest BCUT2D eigenvalue weighted by atomic mass is 35.5. The van der Waals surface area contributed by atoms with Crippen molar-refractivity contribution in [2.24, 2.45) is 0 Å². The zero-order valence-corrected chi connectivity index (χ0v) is 15.6. The van der Waals surface area contributed by atoms with Crippen LogP contribution in [0.3, 0.4) is 0 Å². The molecule has 3 rings (SSSR count). The van der Waals surface area contributed by atoms with Crippen molar-refractivity contribution in [2.75, 3.05) is 25.4 Å². The minimum Gasteiger partial charge on any atom is -0.333 e. The second-order valence-corrected chi connectivity index (χ2v) is 7.46. The van der Waals surface area contributed by atoms with Crippen LogP contribution in [0.2, 0.25) is 5.02 Å². The van der Waals surface area contributed by atoms with Gasteiger partial charge in [-0.15, -0.1) is 0 Å². The van der Waals surface area contributed by atoms with E-state index in [0.717, 1.165) is 47.4 Å². The second kappa shape index (κ2) is 9.22. The Bertz CT molecular complexity index is 698. The van der Waals surface area contributed by atoms with E-state index in [-0.39, 0.29) is 11.9 Å². The predicted molar refractivity (Wildman–Crippen MR) is 104 cm³/mol. The Kier molecular flexibility index (Phi) is 6.73. The molecule has 0 bridgehead atoms. The second-order valence-electron chi connectivity index (χ2n) is 5.95. The lowest BCUT2D eigenvalue weighted by Gasteiger charge is -2.37. The van der Waals surface area contributed by atoms with Gasteiger partial charge < -0.3 is 10.2 Å². The van der Waals surface area contributed by atoms with Crippen molar-refractivity contribution in [1.82, 2.24) is 15.2 Å². The molecule has 6 heteroatoms. The molecule has 2 aromatic rings. The maximum Gasteiger partial charge on any atom is 0.224 e. The Morgan fingerprint density at radius 3 is 2.92 bits per heavy atom. The van der Waals surface area contributed by atoms with E-state index in [9.17, 15) is 4.79 Å². The van der Waals surface area contributed by atoms with Crippen LogP contribution in [0.1, 0.15) is 23.7 Å². The quantitative estimate of drug-likeness (QED) is 0.784. The Balaban J connectivity index is 1.55. The zero-order chi connectivity index (χ0) is 17.5. The van der Waals surface area contributed by atoms with E-state index in [0.29, 0.717) is 6.42 Å². The number of benzene rings is 1. The molecule has 1 aromatic heterocycles. The van der Waals surface area contributed by atoms with Gasteiger partial charge in [-0.05, 0) is 23.8 Å². The smallest absolute Gasteiger partial charge is 0.224 e. The number of pyridine rings is 1. The van der Waals surface area contributed by atoms with Gasteiger partial charge in [0.15, 0.2) is 0 Å². The molecule has 1 saturated heterocycles. The summed E-state index contributed by atoms with van der Waals surface area (Å²) in [5.74, 6) is 1.83. The Labute approximate surface area is 158 Å². The highest BCUT2D eigenvalue weighted by Crippen LogP contribution is 2.29. The molecule has 1 fully saturated rings. The fraction of sp³-hybridized carbons (Fsp3) is 0.368. The van der Waals surface area contributed by atoms with Gasteiger partial charge >= 0.3 is 0 Å². The van der Waals surface area contributed by atoms with Crippen molar-refractivity contribution in [3.05, 3.63) is 64.9 Å². The van der Waals surface area contributed by atoms with Crippen molar-refractivity contribution < 1.29 is 4.79 Å². The molecule has 0 spiro atoms. The highest BCUT2D eigenvalue weighted by Gasteiger charge is 2.28. The van der Waals surface area contributed by atoms with E-state index in [1.807, 2.05) is 47.4 Å². The van der Waals surface area contributed by atoms with Gasteiger partial charge in [0, 0.05) is 48.8 Å². The minimum absolute atomic E-state index is 0.00994. The Hall–Kier alpha value is -1.56. The van der Waals surface area contributed by atoms with Gasteiger partial charge in [0.1, 0.15) is 0 Å². The number of nitrogens with zero attached hydrogens (tertiary/aromatic N) is 2. The fourth-order valence-electron chi connectivity index (χ4n) is 2.99. The zero-order valence-electron chi connectivity index (χ0n) is 14.0. The van der Waals surface area contributed by atoms with Crippen LogP contribution in [0, 0.1) is 0 Å². The molecule has 1 aliphatic rings. The number of piperazine rings is 1. The largest absolute Gasteiger partial charge is 0.333 e. The molecular formula is C19H22ClN3OS. The lowest BCUT2D eigenvalue weighted by Crippen LogP contribution is -2.48. The van der Waals surface area contributed by atoms with E-state index in [2.05, 4.69) is 10.3 Å². The normalized spacial score (nSPS) is 17.5. The van der Waals surface area contributed by atoms with Gasteiger partial charge in [-0.3, -0.25) is 9.78 Å².